The van der Waals surface area contributed by atoms with E-state index < -0.39 is 23.4 Å². The number of alkyl halides is 3. The lowest BCUT2D eigenvalue weighted by molar-refractivity contribution is -0.137. The van der Waals surface area contributed by atoms with Gasteiger partial charge in [-0.25, -0.2) is 4.79 Å². The van der Waals surface area contributed by atoms with Crippen molar-refractivity contribution < 1.29 is 22.7 Å². The van der Waals surface area contributed by atoms with Crippen molar-refractivity contribution in [2.75, 3.05) is 18.4 Å². The van der Waals surface area contributed by atoms with E-state index in [0.717, 1.165) is 12.1 Å². The summed E-state index contributed by atoms with van der Waals surface area (Å²) in [6.07, 6.45) is -4.45. The predicted octanol–water partition coefficient (Wildman–Crippen LogP) is 4.69. The summed E-state index contributed by atoms with van der Waals surface area (Å²) in [6.45, 7) is 5.99. The Morgan fingerprint density at radius 3 is 2.39 bits per heavy atom. The number of anilines is 1. The molecule has 130 valence electrons. The fourth-order valence-corrected chi connectivity index (χ4v) is 1.92. The molecule has 0 aliphatic rings. The normalized spacial score (nSPS) is 12.0. The molecule has 1 aromatic carbocycles. The van der Waals surface area contributed by atoms with E-state index in [1.54, 1.807) is 20.8 Å². The van der Waals surface area contributed by atoms with E-state index in [0.29, 0.717) is 19.5 Å². The molecule has 0 atom stereocenters. The Labute approximate surface area is 138 Å². The molecule has 0 radical (unpaired) electrons. The Balaban J connectivity index is 2.39. The van der Waals surface area contributed by atoms with Gasteiger partial charge in [0.05, 0.1) is 5.56 Å². The molecule has 0 spiro atoms. The first-order chi connectivity index (χ1) is 10.5. The average Bonchev–Trinajstić information content (AvgIpc) is 2.34. The Bertz CT molecular complexity index is 543. The Morgan fingerprint density at radius 2 is 1.83 bits per heavy atom. The highest BCUT2D eigenvalue weighted by Gasteiger charge is 2.31. The third-order valence-electron chi connectivity index (χ3n) is 2.58. The number of rotatable bonds is 5. The molecule has 1 amide bonds. The number of ether oxygens (including phenoxy) is 1. The van der Waals surface area contributed by atoms with Gasteiger partial charge >= 0.3 is 12.3 Å². The molecule has 8 heteroatoms. The van der Waals surface area contributed by atoms with E-state index >= 15 is 0 Å². The smallest absolute Gasteiger partial charge is 0.416 e. The van der Waals surface area contributed by atoms with Crippen LogP contribution in [0.5, 0.6) is 0 Å². The van der Waals surface area contributed by atoms with Crippen LogP contribution in [0.4, 0.5) is 23.7 Å². The Morgan fingerprint density at radius 1 is 1.17 bits per heavy atom. The van der Waals surface area contributed by atoms with Crippen molar-refractivity contribution in [3.8, 4) is 0 Å². The first-order valence-electron chi connectivity index (χ1n) is 7.06. The number of amides is 1. The van der Waals surface area contributed by atoms with Crippen LogP contribution in [0, 0.1) is 0 Å². The van der Waals surface area contributed by atoms with Gasteiger partial charge < -0.3 is 15.4 Å². The molecular weight excluding hydrogens is 333 g/mol. The number of halogens is 4. The first kappa shape index (κ1) is 19.4. The number of benzene rings is 1. The highest BCUT2D eigenvalue weighted by molar-refractivity contribution is 6.30. The van der Waals surface area contributed by atoms with Crippen LogP contribution in [0.3, 0.4) is 0 Å². The van der Waals surface area contributed by atoms with Crippen LogP contribution in [0.2, 0.25) is 5.02 Å². The third kappa shape index (κ3) is 7.97. The SMILES string of the molecule is CC(C)(C)OC(=O)NCCCNc1cc(Cl)cc(C(F)(F)F)c1. The minimum atomic E-state index is -4.44. The largest absolute Gasteiger partial charge is 0.444 e. The van der Waals surface area contributed by atoms with Crippen LogP contribution < -0.4 is 10.6 Å². The van der Waals surface area contributed by atoms with Gasteiger partial charge in [-0.15, -0.1) is 0 Å². The number of nitrogens with one attached hydrogen (secondary N) is 2. The predicted molar refractivity (Wildman–Crippen MR) is 83.8 cm³/mol. The van der Waals surface area contributed by atoms with E-state index in [1.165, 1.54) is 6.07 Å². The van der Waals surface area contributed by atoms with Crippen LogP contribution in [-0.2, 0) is 10.9 Å². The topological polar surface area (TPSA) is 50.4 Å². The molecule has 0 aliphatic heterocycles. The molecule has 1 aromatic rings. The van der Waals surface area contributed by atoms with Crippen molar-refractivity contribution in [3.05, 3.63) is 28.8 Å². The summed E-state index contributed by atoms with van der Waals surface area (Å²) in [6, 6.07) is 3.28. The average molecular weight is 353 g/mol. The monoisotopic (exact) mass is 352 g/mol. The van der Waals surface area contributed by atoms with Gasteiger partial charge in [-0.1, -0.05) is 11.6 Å². The molecule has 0 aliphatic carbocycles. The van der Waals surface area contributed by atoms with Crippen molar-refractivity contribution in [1.29, 1.82) is 0 Å². The van der Waals surface area contributed by atoms with Gasteiger partial charge in [0.15, 0.2) is 0 Å². The second-order valence-corrected chi connectivity index (χ2v) is 6.37. The Hall–Kier alpha value is -1.63. The Kier molecular flexibility index (Phi) is 6.56. The van der Waals surface area contributed by atoms with Gasteiger partial charge in [0.2, 0.25) is 0 Å². The van der Waals surface area contributed by atoms with Crippen molar-refractivity contribution in [2.24, 2.45) is 0 Å². The van der Waals surface area contributed by atoms with E-state index in [4.69, 9.17) is 16.3 Å². The number of carbonyl (C=O) groups is 1. The van der Waals surface area contributed by atoms with E-state index in [9.17, 15) is 18.0 Å². The van der Waals surface area contributed by atoms with Gasteiger partial charge in [-0.3, -0.25) is 0 Å². The van der Waals surface area contributed by atoms with E-state index in [-0.39, 0.29) is 10.7 Å². The fourth-order valence-electron chi connectivity index (χ4n) is 1.68. The third-order valence-corrected chi connectivity index (χ3v) is 2.79. The van der Waals surface area contributed by atoms with Gasteiger partial charge in [0, 0.05) is 23.8 Å². The van der Waals surface area contributed by atoms with Crippen LogP contribution in [0.25, 0.3) is 0 Å². The molecule has 23 heavy (non-hydrogen) atoms. The molecule has 4 nitrogen and oxygen atoms in total. The summed E-state index contributed by atoms with van der Waals surface area (Å²) in [5.74, 6) is 0. The van der Waals surface area contributed by atoms with Crippen molar-refractivity contribution in [2.45, 2.75) is 39.0 Å². The van der Waals surface area contributed by atoms with Gasteiger partial charge in [0.25, 0.3) is 0 Å². The summed E-state index contributed by atoms with van der Waals surface area (Å²) >= 11 is 5.69. The second-order valence-electron chi connectivity index (χ2n) is 5.94. The molecule has 1 rings (SSSR count). The molecule has 0 saturated heterocycles. The minimum Gasteiger partial charge on any atom is -0.444 e. The maximum absolute atomic E-state index is 12.7. The molecule has 0 heterocycles. The standard InChI is InChI=1S/C15H20ClF3N2O2/c1-14(2,3)23-13(22)21-6-4-5-20-12-8-10(15(17,18)19)7-11(16)9-12/h7-9,20H,4-6H2,1-3H3,(H,21,22). The summed E-state index contributed by atoms with van der Waals surface area (Å²) < 4.78 is 43.1. The molecule has 0 bridgehead atoms. The molecular formula is C15H20ClF3N2O2. The van der Waals surface area contributed by atoms with Gasteiger partial charge in [0.1, 0.15) is 5.60 Å². The summed E-state index contributed by atoms with van der Waals surface area (Å²) in [7, 11) is 0. The first-order valence-corrected chi connectivity index (χ1v) is 7.44. The van der Waals surface area contributed by atoms with Crippen LogP contribution >= 0.6 is 11.6 Å². The zero-order valence-electron chi connectivity index (χ0n) is 13.2. The van der Waals surface area contributed by atoms with Crippen LogP contribution in [0.1, 0.15) is 32.8 Å². The molecule has 0 aromatic heterocycles. The number of carbonyl (C=O) groups excluding carboxylic acids is 1. The lowest BCUT2D eigenvalue weighted by Crippen LogP contribution is -2.33. The number of hydrogen-bond donors (Lipinski definition) is 2. The highest BCUT2D eigenvalue weighted by Crippen LogP contribution is 2.33. The molecule has 2 N–H and O–H groups in total. The number of hydrogen-bond acceptors (Lipinski definition) is 3. The van der Waals surface area contributed by atoms with Crippen molar-refractivity contribution in [1.82, 2.24) is 5.32 Å². The quantitative estimate of drug-likeness (QED) is 0.756. The highest BCUT2D eigenvalue weighted by atomic mass is 35.5. The second kappa shape index (κ2) is 7.77. The summed E-state index contributed by atoms with van der Waals surface area (Å²) in [5.41, 5.74) is -1.10. The molecule has 0 unspecified atom stereocenters. The fraction of sp³-hybridized carbons (Fsp3) is 0.533. The number of alkyl carbamates (subject to hydrolysis) is 1. The van der Waals surface area contributed by atoms with Gasteiger partial charge in [-0.05, 0) is 45.4 Å². The minimum absolute atomic E-state index is 0.00852. The van der Waals surface area contributed by atoms with E-state index in [1.807, 2.05) is 0 Å². The molecule has 0 fully saturated rings. The van der Waals surface area contributed by atoms with Crippen molar-refractivity contribution >= 4 is 23.4 Å². The summed E-state index contributed by atoms with van der Waals surface area (Å²) in [5, 5.41) is 5.42. The maximum Gasteiger partial charge on any atom is 0.416 e. The van der Waals surface area contributed by atoms with Gasteiger partial charge in [-0.2, -0.15) is 13.2 Å². The van der Waals surface area contributed by atoms with Crippen LogP contribution in [-0.4, -0.2) is 24.8 Å². The summed E-state index contributed by atoms with van der Waals surface area (Å²) in [4.78, 5) is 11.4. The zero-order valence-corrected chi connectivity index (χ0v) is 13.9. The lowest BCUT2D eigenvalue weighted by Gasteiger charge is -2.19. The molecule has 0 saturated carbocycles. The van der Waals surface area contributed by atoms with E-state index in [2.05, 4.69) is 10.6 Å². The zero-order chi connectivity index (χ0) is 17.7. The van der Waals surface area contributed by atoms with Crippen molar-refractivity contribution in [3.63, 3.8) is 0 Å². The maximum atomic E-state index is 12.7. The lowest BCUT2D eigenvalue weighted by atomic mass is 10.2. The van der Waals surface area contributed by atoms with Crippen LogP contribution in [0.15, 0.2) is 18.2 Å².